The predicted octanol–water partition coefficient (Wildman–Crippen LogP) is 9.28. The van der Waals surface area contributed by atoms with E-state index in [9.17, 15) is 9.59 Å². The zero-order valence-electron chi connectivity index (χ0n) is 29.4. The lowest BCUT2D eigenvalue weighted by Gasteiger charge is -2.42. The first-order chi connectivity index (χ1) is 22.7. The minimum Gasteiger partial charge on any atom is -0.458 e. The van der Waals surface area contributed by atoms with Gasteiger partial charge in [-0.05, 0) is 124 Å². The molecule has 47 heavy (non-hydrogen) atoms. The summed E-state index contributed by atoms with van der Waals surface area (Å²) < 4.78 is 12.7. The predicted molar refractivity (Wildman–Crippen MR) is 190 cm³/mol. The van der Waals surface area contributed by atoms with Crippen LogP contribution in [0.4, 0.5) is 0 Å². The van der Waals surface area contributed by atoms with E-state index in [1.807, 2.05) is 0 Å². The molecule has 4 aromatic rings. The van der Waals surface area contributed by atoms with E-state index in [2.05, 4.69) is 87.9 Å². The van der Waals surface area contributed by atoms with Gasteiger partial charge in [-0.15, -0.1) is 0 Å². The van der Waals surface area contributed by atoms with Crippen molar-refractivity contribution in [1.82, 2.24) is 9.97 Å². The van der Waals surface area contributed by atoms with Crippen LogP contribution in [-0.4, -0.2) is 33.1 Å². The Hall–Kier alpha value is -3.54. The molecule has 2 aromatic carbocycles. The monoisotopic (exact) mass is 638 g/mol. The molecule has 0 amide bonds. The summed E-state index contributed by atoms with van der Waals surface area (Å²) in [5, 5.41) is 2.66. The third kappa shape index (κ3) is 6.13. The molecule has 6 heteroatoms. The lowest BCUT2D eigenvalue weighted by molar-refractivity contribution is -0.180. The normalized spacial score (nSPS) is 18.3. The molecule has 2 heterocycles. The first-order valence-corrected chi connectivity index (χ1v) is 18.4. The molecule has 0 aliphatic heterocycles. The van der Waals surface area contributed by atoms with E-state index in [1.54, 1.807) is 0 Å². The van der Waals surface area contributed by atoms with Gasteiger partial charge >= 0.3 is 11.9 Å². The van der Waals surface area contributed by atoms with Crippen LogP contribution in [0, 0.1) is 11.8 Å². The third-order valence-electron chi connectivity index (χ3n) is 12.1. The summed E-state index contributed by atoms with van der Waals surface area (Å²) in [6, 6.07) is 13.4. The van der Waals surface area contributed by atoms with Crippen LogP contribution >= 0.6 is 0 Å². The Bertz CT molecular complexity index is 1620. The molecule has 0 saturated heterocycles. The fourth-order valence-electron chi connectivity index (χ4n) is 9.05. The largest absolute Gasteiger partial charge is 0.458 e. The summed E-state index contributed by atoms with van der Waals surface area (Å²) in [5.74, 6) is -0.559. The highest BCUT2D eigenvalue weighted by Crippen LogP contribution is 2.43. The molecule has 2 atom stereocenters. The maximum absolute atomic E-state index is 13.5. The molecule has 6 rings (SSSR count). The van der Waals surface area contributed by atoms with Gasteiger partial charge < -0.3 is 19.4 Å². The summed E-state index contributed by atoms with van der Waals surface area (Å²) in [7, 11) is 0. The molecule has 2 aliphatic carbocycles. The van der Waals surface area contributed by atoms with Gasteiger partial charge in [0.05, 0.1) is 0 Å². The van der Waals surface area contributed by atoms with Crippen molar-refractivity contribution in [2.75, 3.05) is 0 Å². The molecule has 0 bridgehead atoms. The van der Waals surface area contributed by atoms with Crippen molar-refractivity contribution in [3.63, 3.8) is 0 Å². The first-order valence-electron chi connectivity index (χ1n) is 18.4. The van der Waals surface area contributed by atoms with Gasteiger partial charge in [-0.25, -0.2) is 0 Å². The number of aryl methyl sites for hydroxylation is 4. The molecule has 2 N–H and O–H groups in total. The van der Waals surface area contributed by atoms with Gasteiger partial charge in [-0.1, -0.05) is 53.7 Å². The molecule has 2 aromatic heterocycles. The number of nitrogens with one attached hydrogen (secondary N) is 2. The quantitative estimate of drug-likeness (QED) is 0.120. The number of rotatable bonds is 12. The van der Waals surface area contributed by atoms with E-state index in [0.29, 0.717) is 25.7 Å². The highest BCUT2D eigenvalue weighted by Gasteiger charge is 2.44. The highest BCUT2D eigenvalue weighted by atomic mass is 16.6. The van der Waals surface area contributed by atoms with E-state index < -0.39 is 23.1 Å². The molecule has 0 fully saturated rings. The van der Waals surface area contributed by atoms with Gasteiger partial charge in [0.1, 0.15) is 17.6 Å². The van der Waals surface area contributed by atoms with Gasteiger partial charge in [0.15, 0.2) is 0 Å². The minimum atomic E-state index is -0.611. The number of benzene rings is 2. The Morgan fingerprint density at radius 3 is 1.43 bits per heavy atom. The van der Waals surface area contributed by atoms with Gasteiger partial charge in [0.25, 0.3) is 0 Å². The van der Waals surface area contributed by atoms with Crippen molar-refractivity contribution in [1.29, 1.82) is 0 Å². The molecule has 2 aliphatic rings. The number of aromatic amines is 2. The molecule has 0 spiro atoms. The molecule has 2 unspecified atom stereocenters. The fourth-order valence-corrected chi connectivity index (χ4v) is 9.05. The number of aromatic nitrogens is 2. The minimum absolute atomic E-state index is 0.190. The topological polar surface area (TPSA) is 84.2 Å². The SMILES string of the molecule is CCc1ccc2[nH]c3c(c2c1)CCC(C(CC)(CC)OC(=O)CC(=O)OC(CC)(CC)C1CCc2c([nH]c4ccc(CC)cc24)C1)C3. The molecule has 0 saturated carbocycles. The van der Waals surface area contributed by atoms with Gasteiger partial charge in [0, 0.05) is 45.0 Å². The Morgan fingerprint density at radius 1 is 0.660 bits per heavy atom. The second-order valence-corrected chi connectivity index (χ2v) is 14.2. The van der Waals surface area contributed by atoms with E-state index in [0.717, 1.165) is 51.4 Å². The van der Waals surface area contributed by atoms with Crippen LogP contribution in [0.3, 0.4) is 0 Å². The molecule has 252 valence electrons. The van der Waals surface area contributed by atoms with Crippen LogP contribution in [0.1, 0.15) is 120 Å². The van der Waals surface area contributed by atoms with Gasteiger partial charge in [-0.2, -0.15) is 0 Å². The maximum Gasteiger partial charge on any atom is 0.317 e. The summed E-state index contributed by atoms with van der Waals surface area (Å²) in [5.41, 5.74) is 9.20. The van der Waals surface area contributed by atoms with Crippen LogP contribution in [0.25, 0.3) is 21.8 Å². The van der Waals surface area contributed by atoms with Gasteiger partial charge in [0.2, 0.25) is 0 Å². The van der Waals surface area contributed by atoms with Crippen molar-refractivity contribution in [3.8, 4) is 0 Å². The van der Waals surface area contributed by atoms with E-state index >= 15 is 0 Å². The number of hydrogen-bond donors (Lipinski definition) is 2. The summed E-state index contributed by atoms with van der Waals surface area (Å²) >= 11 is 0. The molecule has 0 radical (unpaired) electrons. The maximum atomic E-state index is 13.5. The average Bonchev–Trinajstić information content (AvgIpc) is 3.65. The molecular weight excluding hydrogens is 584 g/mol. The molecular formula is C41H54N2O4. The lowest BCUT2D eigenvalue weighted by Crippen LogP contribution is -2.46. The number of ether oxygens (including phenoxy) is 2. The van der Waals surface area contributed by atoms with Crippen LogP contribution in [0.5, 0.6) is 0 Å². The zero-order valence-corrected chi connectivity index (χ0v) is 29.4. The van der Waals surface area contributed by atoms with Crippen LogP contribution in [0.2, 0.25) is 0 Å². The highest BCUT2D eigenvalue weighted by molar-refractivity contribution is 5.91. The number of fused-ring (bicyclic) bond motifs is 6. The Kier molecular flexibility index (Phi) is 9.60. The van der Waals surface area contributed by atoms with Crippen molar-refractivity contribution < 1.29 is 19.1 Å². The van der Waals surface area contributed by atoms with Crippen molar-refractivity contribution in [3.05, 3.63) is 70.0 Å². The first kappa shape index (κ1) is 33.4. The Morgan fingerprint density at radius 2 is 1.06 bits per heavy atom. The second-order valence-electron chi connectivity index (χ2n) is 14.2. The Labute approximate surface area is 280 Å². The number of carbonyl (C=O) groups is 2. The average molecular weight is 639 g/mol. The van der Waals surface area contributed by atoms with E-state index in [4.69, 9.17) is 9.47 Å². The summed E-state index contributed by atoms with van der Waals surface area (Å²) in [6.45, 7) is 12.8. The third-order valence-corrected chi connectivity index (χ3v) is 12.1. The number of esters is 2. The zero-order chi connectivity index (χ0) is 33.3. The number of carbonyl (C=O) groups excluding carboxylic acids is 2. The van der Waals surface area contributed by atoms with Gasteiger partial charge in [-0.3, -0.25) is 9.59 Å². The van der Waals surface area contributed by atoms with Crippen molar-refractivity contribution >= 4 is 33.7 Å². The van der Waals surface area contributed by atoms with Crippen LogP contribution in [-0.2, 0) is 57.6 Å². The summed E-state index contributed by atoms with van der Waals surface area (Å²) in [4.78, 5) is 34.4. The second kappa shape index (κ2) is 13.5. The smallest absolute Gasteiger partial charge is 0.317 e. The van der Waals surface area contributed by atoms with Crippen molar-refractivity contribution in [2.45, 2.75) is 136 Å². The standard InChI is InChI=1S/C41H54N2O4/c1-7-26-13-19-34-32(21-26)30-17-15-28(23-36(30)42-34)40(9-3,10-4)46-38(44)25-39(45)47-41(11-5,12-6)29-16-18-31-33-22-27(8-2)14-20-35(33)43-37(31)24-29/h13-14,19-22,28-29,42-43H,7-12,15-18,23-25H2,1-6H3. The molecule has 6 nitrogen and oxygen atoms in total. The number of hydrogen-bond acceptors (Lipinski definition) is 4. The Balaban J connectivity index is 1.13. The summed E-state index contributed by atoms with van der Waals surface area (Å²) in [6.07, 6.45) is 10.1. The van der Waals surface area contributed by atoms with Crippen LogP contribution in [0.15, 0.2) is 36.4 Å². The lowest BCUT2D eigenvalue weighted by atomic mass is 9.73. The number of H-pyrrole nitrogens is 2. The van der Waals surface area contributed by atoms with E-state index in [-0.39, 0.29) is 18.3 Å². The van der Waals surface area contributed by atoms with Crippen LogP contribution < -0.4 is 0 Å². The fraction of sp³-hybridized carbons (Fsp3) is 0.561. The van der Waals surface area contributed by atoms with Crippen molar-refractivity contribution in [2.24, 2.45) is 11.8 Å². The van der Waals surface area contributed by atoms with E-state index in [1.165, 1.54) is 55.4 Å².